The maximum absolute atomic E-state index is 13.6. The minimum absolute atomic E-state index is 0.348. The first-order valence-corrected chi connectivity index (χ1v) is 9.68. The van der Waals surface area contributed by atoms with Crippen LogP contribution >= 0.6 is 0 Å². The lowest BCUT2D eigenvalue weighted by atomic mass is 10.1. The highest BCUT2D eigenvalue weighted by atomic mass is 19.2. The Morgan fingerprint density at radius 2 is 1.73 bits per heavy atom. The molecule has 30 heavy (non-hydrogen) atoms. The second kappa shape index (κ2) is 7.74. The molecular weight excluding hydrogens is 383 g/mol. The normalized spacial score (nSPS) is 11.6. The fourth-order valence-corrected chi connectivity index (χ4v) is 3.01. The number of halogens is 1. The van der Waals surface area contributed by atoms with Crippen LogP contribution in [0.2, 0.25) is 0 Å². The van der Waals surface area contributed by atoms with Gasteiger partial charge in [-0.1, -0.05) is 29.8 Å². The highest BCUT2D eigenvalue weighted by molar-refractivity contribution is 5.59. The predicted octanol–water partition coefficient (Wildman–Crippen LogP) is 5.35. The van der Waals surface area contributed by atoms with E-state index in [4.69, 9.17) is 9.15 Å². The number of aryl methyl sites for hydroxylation is 2. The topological polar surface area (TPSA) is 66.0 Å². The molecule has 2 heterocycles. The van der Waals surface area contributed by atoms with Crippen molar-refractivity contribution in [3.63, 3.8) is 0 Å². The summed E-state index contributed by atoms with van der Waals surface area (Å²) in [6.07, 6.45) is 1.63. The number of benzene rings is 2. The Labute approximate surface area is 174 Å². The molecule has 154 valence electrons. The first-order valence-electron chi connectivity index (χ1n) is 9.68. The van der Waals surface area contributed by atoms with Gasteiger partial charge in [0.2, 0.25) is 11.7 Å². The van der Waals surface area contributed by atoms with E-state index in [1.807, 2.05) is 11.6 Å². The molecule has 0 aliphatic rings. The number of hydrogen-bond acceptors (Lipinski definition) is 5. The Hall–Kier alpha value is -3.48. The van der Waals surface area contributed by atoms with E-state index in [0.29, 0.717) is 29.8 Å². The largest absolute Gasteiger partial charge is 0.459 e. The van der Waals surface area contributed by atoms with E-state index in [-0.39, 0.29) is 0 Å². The van der Waals surface area contributed by atoms with Crippen molar-refractivity contribution in [2.45, 2.75) is 40.1 Å². The second-order valence-electron chi connectivity index (χ2n) is 7.65. The van der Waals surface area contributed by atoms with E-state index in [1.165, 1.54) is 19.4 Å². The van der Waals surface area contributed by atoms with E-state index in [9.17, 15) is 4.39 Å². The monoisotopic (exact) mass is 406 g/mol. The number of nitrogens with zero attached hydrogens (tertiary/aromatic N) is 4. The fourth-order valence-electron chi connectivity index (χ4n) is 3.01. The van der Waals surface area contributed by atoms with Crippen molar-refractivity contribution in [3.05, 3.63) is 71.7 Å². The summed E-state index contributed by atoms with van der Waals surface area (Å²) in [5.74, 6) is 0.843. The lowest BCUT2D eigenvalue weighted by Gasteiger charge is -2.16. The average Bonchev–Trinajstić information content (AvgIpc) is 3.30. The molecule has 0 aliphatic heterocycles. The molecule has 2 aromatic heterocycles. The number of alkyl halides is 1. The number of oxazole rings is 1. The smallest absolute Gasteiger partial charge is 0.267 e. The zero-order chi connectivity index (χ0) is 21.3. The van der Waals surface area contributed by atoms with Crippen molar-refractivity contribution in [2.75, 3.05) is 0 Å². The molecule has 7 heteroatoms. The van der Waals surface area contributed by atoms with Gasteiger partial charge < -0.3 is 9.15 Å². The molecule has 4 rings (SSSR count). The fraction of sp³-hybridized carbons (Fsp3) is 0.261. The Bertz CT molecular complexity index is 1140. The standard InChI is InChI=1S/C23H23FN4O2/c1-15-5-7-17(8-6-15)14-28-16(2)26-21(27-28)22-25-13-20(29-22)18-9-11-19(12-10-18)30-23(3,4)24/h5-13H,14H2,1-4H3. The second-order valence-corrected chi connectivity index (χ2v) is 7.65. The summed E-state index contributed by atoms with van der Waals surface area (Å²) in [6, 6.07) is 15.3. The maximum Gasteiger partial charge on any atom is 0.267 e. The molecule has 0 unspecified atom stereocenters. The van der Waals surface area contributed by atoms with Crippen LogP contribution in [0.1, 0.15) is 30.8 Å². The molecular formula is C23H23FN4O2. The van der Waals surface area contributed by atoms with Gasteiger partial charge in [0.25, 0.3) is 5.89 Å². The van der Waals surface area contributed by atoms with Gasteiger partial charge in [-0.3, -0.25) is 0 Å². The summed E-state index contributed by atoms with van der Waals surface area (Å²) >= 11 is 0. The van der Waals surface area contributed by atoms with Gasteiger partial charge in [-0.25, -0.2) is 14.6 Å². The number of ether oxygens (including phenoxy) is 1. The number of hydrogen-bond donors (Lipinski definition) is 0. The third-order valence-corrected chi connectivity index (χ3v) is 4.51. The van der Waals surface area contributed by atoms with Crippen molar-refractivity contribution in [3.8, 4) is 28.8 Å². The quantitative estimate of drug-likeness (QED) is 0.432. The van der Waals surface area contributed by atoms with Crippen molar-refractivity contribution >= 4 is 0 Å². The lowest BCUT2D eigenvalue weighted by Crippen LogP contribution is -2.20. The maximum atomic E-state index is 13.6. The van der Waals surface area contributed by atoms with Gasteiger partial charge in [-0.05, 0) is 43.7 Å². The van der Waals surface area contributed by atoms with Crippen LogP contribution in [0.15, 0.2) is 59.1 Å². The lowest BCUT2D eigenvalue weighted by molar-refractivity contribution is -0.0256. The van der Waals surface area contributed by atoms with Gasteiger partial charge >= 0.3 is 0 Å². The summed E-state index contributed by atoms with van der Waals surface area (Å²) in [4.78, 5) is 8.81. The first kappa shape index (κ1) is 19.8. The summed E-state index contributed by atoms with van der Waals surface area (Å²) < 4.78 is 26.5. The van der Waals surface area contributed by atoms with Gasteiger partial charge in [-0.2, -0.15) is 4.39 Å². The minimum Gasteiger partial charge on any atom is -0.459 e. The SMILES string of the molecule is Cc1ccc(Cn2nc(-c3ncc(-c4ccc(OC(C)(C)F)cc4)o3)nc2C)cc1. The zero-order valence-electron chi connectivity index (χ0n) is 17.4. The van der Waals surface area contributed by atoms with Gasteiger partial charge in [0, 0.05) is 19.4 Å². The molecule has 0 amide bonds. The van der Waals surface area contributed by atoms with Crippen molar-refractivity contribution in [1.82, 2.24) is 19.7 Å². The predicted molar refractivity (Wildman–Crippen MR) is 112 cm³/mol. The summed E-state index contributed by atoms with van der Waals surface area (Å²) in [5, 5.41) is 4.55. The Morgan fingerprint density at radius 3 is 2.40 bits per heavy atom. The van der Waals surface area contributed by atoms with Crippen LogP contribution in [-0.2, 0) is 6.54 Å². The van der Waals surface area contributed by atoms with E-state index >= 15 is 0 Å². The molecule has 0 saturated heterocycles. The van der Waals surface area contributed by atoms with Gasteiger partial charge in [0.15, 0.2) is 5.76 Å². The summed E-state index contributed by atoms with van der Waals surface area (Å²) in [5.41, 5.74) is 3.16. The molecule has 0 atom stereocenters. The van der Waals surface area contributed by atoms with E-state index in [2.05, 4.69) is 46.3 Å². The van der Waals surface area contributed by atoms with Crippen LogP contribution in [0.25, 0.3) is 23.0 Å². The van der Waals surface area contributed by atoms with E-state index in [0.717, 1.165) is 17.0 Å². The van der Waals surface area contributed by atoms with Gasteiger partial charge in [0.05, 0.1) is 12.7 Å². The third-order valence-electron chi connectivity index (χ3n) is 4.51. The Balaban J connectivity index is 1.52. The van der Waals surface area contributed by atoms with Crippen LogP contribution < -0.4 is 4.74 Å². The summed E-state index contributed by atoms with van der Waals surface area (Å²) in [7, 11) is 0. The van der Waals surface area contributed by atoms with Crippen LogP contribution in [-0.4, -0.2) is 25.6 Å². The molecule has 0 N–H and O–H groups in total. The van der Waals surface area contributed by atoms with Gasteiger partial charge in [-0.15, -0.1) is 5.10 Å². The highest BCUT2D eigenvalue weighted by Crippen LogP contribution is 2.27. The average molecular weight is 406 g/mol. The molecule has 6 nitrogen and oxygen atoms in total. The van der Waals surface area contributed by atoms with Crippen molar-refractivity contribution < 1.29 is 13.5 Å². The van der Waals surface area contributed by atoms with Crippen LogP contribution in [0.4, 0.5) is 4.39 Å². The Morgan fingerprint density at radius 1 is 1.03 bits per heavy atom. The summed E-state index contributed by atoms with van der Waals surface area (Å²) in [6.45, 7) is 7.30. The van der Waals surface area contributed by atoms with Crippen molar-refractivity contribution in [1.29, 1.82) is 0 Å². The number of rotatable bonds is 6. The Kier molecular flexibility index (Phi) is 5.11. The third kappa shape index (κ3) is 4.56. The molecule has 0 fully saturated rings. The van der Waals surface area contributed by atoms with Crippen molar-refractivity contribution in [2.24, 2.45) is 0 Å². The molecule has 0 radical (unpaired) electrons. The van der Waals surface area contributed by atoms with Crippen LogP contribution in [0.5, 0.6) is 5.75 Å². The molecule has 0 spiro atoms. The molecule has 0 bridgehead atoms. The number of aromatic nitrogens is 4. The van der Waals surface area contributed by atoms with Crippen LogP contribution in [0.3, 0.4) is 0 Å². The van der Waals surface area contributed by atoms with E-state index in [1.54, 1.807) is 30.5 Å². The highest BCUT2D eigenvalue weighted by Gasteiger charge is 2.18. The van der Waals surface area contributed by atoms with Crippen LogP contribution in [0, 0.1) is 13.8 Å². The molecule has 4 aromatic rings. The van der Waals surface area contributed by atoms with E-state index < -0.39 is 5.85 Å². The molecule has 2 aromatic carbocycles. The molecule has 0 saturated carbocycles. The molecule has 0 aliphatic carbocycles. The zero-order valence-corrected chi connectivity index (χ0v) is 17.4. The first-order chi connectivity index (χ1) is 14.3. The van der Waals surface area contributed by atoms with Gasteiger partial charge in [0.1, 0.15) is 11.6 Å². The minimum atomic E-state index is -1.73.